The van der Waals surface area contributed by atoms with Gasteiger partial charge in [-0.1, -0.05) is 0 Å². The van der Waals surface area contributed by atoms with Gasteiger partial charge in [-0.25, -0.2) is 4.98 Å². The minimum Gasteiger partial charge on any atom is -0.490 e. The van der Waals surface area contributed by atoms with Crippen LogP contribution in [0.2, 0.25) is 0 Å². The van der Waals surface area contributed by atoms with Crippen molar-refractivity contribution >= 4 is 11.8 Å². The Morgan fingerprint density at radius 1 is 1.62 bits per heavy atom. The number of aromatic nitrogens is 1. The van der Waals surface area contributed by atoms with Gasteiger partial charge >= 0.3 is 5.97 Å². The number of nitrogen functional groups attached to an aromatic ring is 1. The quantitative estimate of drug-likeness (QED) is 0.807. The maximum Gasteiger partial charge on any atom is 0.313 e. The van der Waals surface area contributed by atoms with Gasteiger partial charge in [-0.2, -0.15) is 0 Å². The molecular formula is C11H16N2O3. The van der Waals surface area contributed by atoms with Crippen LogP contribution in [0.3, 0.4) is 0 Å². The predicted octanol–water partition coefficient (Wildman–Crippen LogP) is 1.42. The summed E-state index contributed by atoms with van der Waals surface area (Å²) in [6.45, 7) is 5.51. The fourth-order valence-electron chi connectivity index (χ4n) is 1.19. The Bertz CT molecular complexity index is 402. The largest absolute Gasteiger partial charge is 0.490 e. The second-order valence-corrected chi connectivity index (χ2v) is 3.97. The number of rotatable bonds is 4. The smallest absolute Gasteiger partial charge is 0.313 e. The molecule has 0 fully saturated rings. The first-order valence-corrected chi connectivity index (χ1v) is 5.01. The average molecular weight is 224 g/mol. The third-order valence-electron chi connectivity index (χ3n) is 2.44. The van der Waals surface area contributed by atoms with Crippen molar-refractivity contribution in [2.45, 2.75) is 26.2 Å². The molecular weight excluding hydrogens is 208 g/mol. The Balaban J connectivity index is 3.17. The molecule has 3 N–H and O–H groups in total. The zero-order chi connectivity index (χ0) is 12.3. The van der Waals surface area contributed by atoms with E-state index in [-0.39, 0.29) is 5.82 Å². The zero-order valence-corrected chi connectivity index (χ0v) is 9.65. The summed E-state index contributed by atoms with van der Waals surface area (Å²) >= 11 is 0. The molecule has 1 rings (SSSR count). The van der Waals surface area contributed by atoms with Crippen molar-refractivity contribution in [3.05, 3.63) is 17.8 Å². The molecule has 5 nitrogen and oxygen atoms in total. The van der Waals surface area contributed by atoms with Crippen molar-refractivity contribution in [3.8, 4) is 5.75 Å². The van der Waals surface area contributed by atoms with Crippen molar-refractivity contribution < 1.29 is 14.6 Å². The van der Waals surface area contributed by atoms with Crippen LogP contribution in [0.1, 0.15) is 26.3 Å². The number of carboxylic acids is 1. The number of carboxylic acid groups (broad SMARTS) is 1. The first kappa shape index (κ1) is 12.3. The number of ether oxygens (including phenoxy) is 1. The summed E-state index contributed by atoms with van der Waals surface area (Å²) < 4.78 is 5.27. The molecule has 0 aliphatic rings. The van der Waals surface area contributed by atoms with Crippen molar-refractivity contribution in [2.24, 2.45) is 0 Å². The summed E-state index contributed by atoms with van der Waals surface area (Å²) in [7, 11) is 0. The number of hydrogen-bond acceptors (Lipinski definition) is 4. The van der Waals surface area contributed by atoms with Gasteiger partial charge in [0.1, 0.15) is 0 Å². The number of carbonyl (C=O) groups is 1. The van der Waals surface area contributed by atoms with E-state index >= 15 is 0 Å². The number of pyridine rings is 1. The Hall–Kier alpha value is -1.78. The van der Waals surface area contributed by atoms with Gasteiger partial charge in [0, 0.05) is 6.20 Å². The Kier molecular flexibility index (Phi) is 3.37. The van der Waals surface area contributed by atoms with E-state index in [1.54, 1.807) is 19.9 Å². The molecule has 0 aliphatic carbocycles. The van der Waals surface area contributed by atoms with Crippen molar-refractivity contribution in [3.63, 3.8) is 0 Å². The molecule has 0 aliphatic heterocycles. The lowest BCUT2D eigenvalue weighted by atomic mass is 9.86. The van der Waals surface area contributed by atoms with Gasteiger partial charge in [0.15, 0.2) is 11.6 Å². The predicted molar refractivity (Wildman–Crippen MR) is 60.5 cm³/mol. The molecule has 0 amide bonds. The van der Waals surface area contributed by atoms with Crippen molar-refractivity contribution in [1.29, 1.82) is 0 Å². The molecule has 16 heavy (non-hydrogen) atoms. The van der Waals surface area contributed by atoms with E-state index in [2.05, 4.69) is 4.98 Å². The third-order valence-corrected chi connectivity index (χ3v) is 2.44. The Morgan fingerprint density at radius 2 is 2.25 bits per heavy atom. The number of aliphatic carboxylic acids is 1. The standard InChI is InChI=1S/C11H16N2O3/c1-4-16-8-5-7(6-13-9(8)12)11(2,3)10(14)15/h5-6H,4H2,1-3H3,(H2,12,13)(H,14,15). The Labute approximate surface area is 94.2 Å². The maximum atomic E-state index is 11.1. The molecule has 1 aromatic heterocycles. The van der Waals surface area contributed by atoms with Crippen LogP contribution in [0.25, 0.3) is 0 Å². The molecule has 0 bridgehead atoms. The summed E-state index contributed by atoms with van der Waals surface area (Å²) in [5, 5.41) is 9.08. The summed E-state index contributed by atoms with van der Waals surface area (Å²) in [5.41, 5.74) is 5.17. The number of nitrogens with two attached hydrogens (primary N) is 1. The minimum absolute atomic E-state index is 0.270. The van der Waals surface area contributed by atoms with E-state index in [0.29, 0.717) is 17.9 Å². The number of anilines is 1. The molecule has 0 aromatic carbocycles. The van der Waals surface area contributed by atoms with E-state index in [1.165, 1.54) is 6.20 Å². The second kappa shape index (κ2) is 4.38. The summed E-state index contributed by atoms with van der Waals surface area (Å²) in [5.74, 6) is -0.220. The van der Waals surface area contributed by atoms with E-state index in [1.807, 2.05) is 6.92 Å². The summed E-state index contributed by atoms with van der Waals surface area (Å²) in [6, 6.07) is 1.62. The zero-order valence-electron chi connectivity index (χ0n) is 9.65. The van der Waals surface area contributed by atoms with Crippen LogP contribution in [0.4, 0.5) is 5.82 Å². The Morgan fingerprint density at radius 3 is 2.75 bits per heavy atom. The van der Waals surface area contributed by atoms with Gasteiger partial charge in [-0.15, -0.1) is 0 Å². The van der Waals surface area contributed by atoms with Crippen LogP contribution in [-0.2, 0) is 10.2 Å². The lowest BCUT2D eigenvalue weighted by Gasteiger charge is -2.20. The molecule has 5 heteroatoms. The number of nitrogens with zero attached hydrogens (tertiary/aromatic N) is 1. The van der Waals surface area contributed by atoms with E-state index in [9.17, 15) is 4.79 Å². The normalized spacial score (nSPS) is 11.2. The van der Waals surface area contributed by atoms with Crippen LogP contribution in [0.15, 0.2) is 12.3 Å². The molecule has 0 saturated carbocycles. The molecule has 1 aromatic rings. The highest BCUT2D eigenvalue weighted by Crippen LogP contribution is 2.28. The molecule has 88 valence electrons. The maximum absolute atomic E-state index is 11.1. The summed E-state index contributed by atoms with van der Waals surface area (Å²) in [4.78, 5) is 15.0. The van der Waals surface area contributed by atoms with Gasteiger partial charge in [0.05, 0.1) is 12.0 Å². The molecule has 0 spiro atoms. The van der Waals surface area contributed by atoms with Gasteiger partial charge < -0.3 is 15.6 Å². The van der Waals surface area contributed by atoms with Crippen LogP contribution in [-0.4, -0.2) is 22.7 Å². The van der Waals surface area contributed by atoms with E-state index in [4.69, 9.17) is 15.6 Å². The third kappa shape index (κ3) is 2.24. The van der Waals surface area contributed by atoms with Gasteiger partial charge in [0.2, 0.25) is 0 Å². The second-order valence-electron chi connectivity index (χ2n) is 3.97. The number of hydrogen-bond donors (Lipinski definition) is 2. The first-order valence-electron chi connectivity index (χ1n) is 5.01. The SMILES string of the molecule is CCOc1cc(C(C)(C)C(=O)O)cnc1N. The van der Waals surface area contributed by atoms with Crippen LogP contribution in [0.5, 0.6) is 5.75 Å². The fraction of sp³-hybridized carbons (Fsp3) is 0.455. The van der Waals surface area contributed by atoms with Crippen LogP contribution >= 0.6 is 0 Å². The van der Waals surface area contributed by atoms with Crippen LogP contribution in [0, 0.1) is 0 Å². The highest BCUT2D eigenvalue weighted by Gasteiger charge is 2.30. The van der Waals surface area contributed by atoms with Crippen molar-refractivity contribution in [2.75, 3.05) is 12.3 Å². The topological polar surface area (TPSA) is 85.4 Å². The first-order chi connectivity index (χ1) is 7.39. The van der Waals surface area contributed by atoms with Gasteiger partial charge in [-0.05, 0) is 32.4 Å². The highest BCUT2D eigenvalue weighted by atomic mass is 16.5. The fourth-order valence-corrected chi connectivity index (χ4v) is 1.19. The van der Waals surface area contributed by atoms with Gasteiger partial charge in [0.25, 0.3) is 0 Å². The molecule has 0 unspecified atom stereocenters. The van der Waals surface area contributed by atoms with Crippen molar-refractivity contribution in [1.82, 2.24) is 4.98 Å². The summed E-state index contributed by atoms with van der Waals surface area (Å²) in [6.07, 6.45) is 1.46. The minimum atomic E-state index is -1.01. The molecule has 0 radical (unpaired) electrons. The van der Waals surface area contributed by atoms with Crippen LogP contribution < -0.4 is 10.5 Å². The van der Waals surface area contributed by atoms with Gasteiger partial charge in [-0.3, -0.25) is 4.79 Å². The lowest BCUT2D eigenvalue weighted by Crippen LogP contribution is -2.28. The molecule has 0 saturated heterocycles. The molecule has 1 heterocycles. The average Bonchev–Trinajstić information content (AvgIpc) is 2.21. The highest BCUT2D eigenvalue weighted by molar-refractivity contribution is 5.80. The van der Waals surface area contributed by atoms with E-state index in [0.717, 1.165) is 0 Å². The monoisotopic (exact) mass is 224 g/mol. The lowest BCUT2D eigenvalue weighted by molar-refractivity contribution is -0.142. The molecule has 0 atom stereocenters. The van der Waals surface area contributed by atoms with E-state index < -0.39 is 11.4 Å².